The molecule has 0 heterocycles. The third-order valence-electron chi connectivity index (χ3n) is 2.40. The Morgan fingerprint density at radius 3 is 2.38 bits per heavy atom. The summed E-state index contributed by atoms with van der Waals surface area (Å²) in [5, 5.41) is 0. The molecule has 0 saturated carbocycles. The molecule has 2 heteroatoms. The molecular weight excluding hydrogens is 196 g/mol. The van der Waals surface area contributed by atoms with E-state index in [9.17, 15) is 0 Å². The Balaban J connectivity index is 3.16. The summed E-state index contributed by atoms with van der Waals surface area (Å²) in [6.07, 6.45) is 1.97. The van der Waals surface area contributed by atoms with Crippen molar-refractivity contribution in [1.29, 1.82) is 0 Å². The molecule has 86 valence electrons. The molecule has 0 bridgehead atoms. The van der Waals surface area contributed by atoms with E-state index in [-0.39, 0.29) is 0 Å². The summed E-state index contributed by atoms with van der Waals surface area (Å²) >= 11 is 0. The van der Waals surface area contributed by atoms with Crippen LogP contribution in [0.4, 0.5) is 0 Å². The summed E-state index contributed by atoms with van der Waals surface area (Å²) in [6.45, 7) is 6.30. The number of hydrogen-bond acceptors (Lipinski definition) is 1. The van der Waals surface area contributed by atoms with E-state index in [2.05, 4.69) is 54.6 Å². The molecule has 0 saturated heterocycles. The minimum absolute atomic E-state index is 0.332. The second kappa shape index (κ2) is 5.59. The Kier molecular flexibility index (Phi) is 4.41. The highest BCUT2D eigenvalue weighted by molar-refractivity contribution is 6.36. The standard InChI is InChI=1S/C14H21N2/c1-11(2)15-10-14(16(4)5)13-9-7-6-8-12(13)3/h6-11H,1-5H3/q+1. The van der Waals surface area contributed by atoms with Crippen molar-refractivity contribution < 1.29 is 4.58 Å². The van der Waals surface area contributed by atoms with E-state index in [0.717, 1.165) is 5.71 Å². The van der Waals surface area contributed by atoms with Crippen LogP contribution in [0.15, 0.2) is 29.3 Å². The van der Waals surface area contributed by atoms with Crippen LogP contribution in [0.1, 0.15) is 25.0 Å². The van der Waals surface area contributed by atoms with Crippen molar-refractivity contribution in [3.63, 3.8) is 0 Å². The fourth-order valence-corrected chi connectivity index (χ4v) is 1.51. The molecule has 2 nitrogen and oxygen atoms in total. The molecule has 0 spiro atoms. The minimum Gasteiger partial charge on any atom is -0.284 e. The maximum atomic E-state index is 4.46. The first-order chi connectivity index (χ1) is 7.52. The highest BCUT2D eigenvalue weighted by atomic mass is 14.9. The molecule has 0 aliphatic rings. The van der Waals surface area contributed by atoms with Crippen LogP contribution < -0.4 is 0 Å². The van der Waals surface area contributed by atoms with Crippen LogP contribution in [-0.4, -0.2) is 36.6 Å². The Morgan fingerprint density at radius 2 is 1.88 bits per heavy atom. The molecule has 0 aliphatic carbocycles. The van der Waals surface area contributed by atoms with E-state index in [4.69, 9.17) is 0 Å². The second-order valence-electron chi connectivity index (χ2n) is 4.47. The lowest BCUT2D eigenvalue weighted by Crippen LogP contribution is -2.18. The Hall–Kier alpha value is -1.44. The molecule has 0 aliphatic heterocycles. The molecule has 0 unspecified atom stereocenters. The predicted molar refractivity (Wildman–Crippen MR) is 71.0 cm³/mol. The smallest absolute Gasteiger partial charge is 0.225 e. The molecule has 0 aromatic heterocycles. The maximum Gasteiger partial charge on any atom is 0.225 e. The minimum atomic E-state index is 0.332. The van der Waals surface area contributed by atoms with Crippen LogP contribution >= 0.6 is 0 Å². The van der Waals surface area contributed by atoms with Crippen molar-refractivity contribution in [3.05, 3.63) is 35.4 Å². The summed E-state index contributed by atoms with van der Waals surface area (Å²) in [4.78, 5) is 4.46. The molecule has 0 fully saturated rings. The fraction of sp³-hybridized carbons (Fsp3) is 0.429. The molecule has 1 rings (SSSR count). The van der Waals surface area contributed by atoms with Crippen LogP contribution in [0.25, 0.3) is 0 Å². The topological polar surface area (TPSA) is 15.4 Å². The quantitative estimate of drug-likeness (QED) is 0.546. The molecular formula is C14H21N2+. The normalized spacial score (nSPS) is 11.1. The molecule has 0 atom stereocenters. The largest absolute Gasteiger partial charge is 0.284 e. The summed E-state index contributed by atoms with van der Waals surface area (Å²) in [6, 6.07) is 8.72. The van der Waals surface area contributed by atoms with Crippen molar-refractivity contribution in [2.45, 2.75) is 26.8 Å². The lowest BCUT2D eigenvalue weighted by atomic mass is 10.0. The SMILES string of the molecule is Cc1ccccc1C(C=NC(C)C)=[N+](C)C. The monoisotopic (exact) mass is 217 g/mol. The van der Waals surface area contributed by atoms with Gasteiger partial charge in [0.25, 0.3) is 0 Å². The first-order valence-electron chi connectivity index (χ1n) is 5.66. The van der Waals surface area contributed by atoms with Gasteiger partial charge in [-0.25, -0.2) is 4.58 Å². The van der Waals surface area contributed by atoms with Gasteiger partial charge >= 0.3 is 0 Å². The van der Waals surface area contributed by atoms with Gasteiger partial charge in [0.2, 0.25) is 5.71 Å². The fourth-order valence-electron chi connectivity index (χ4n) is 1.51. The average Bonchev–Trinajstić information content (AvgIpc) is 2.20. The summed E-state index contributed by atoms with van der Waals surface area (Å²) in [5.74, 6) is 0. The van der Waals surface area contributed by atoms with Gasteiger partial charge in [0.15, 0.2) is 0 Å². The van der Waals surface area contributed by atoms with Crippen molar-refractivity contribution in [3.8, 4) is 0 Å². The van der Waals surface area contributed by atoms with E-state index in [1.807, 2.05) is 20.3 Å². The number of aliphatic imine (C=N–C) groups is 1. The number of rotatable bonds is 3. The van der Waals surface area contributed by atoms with Crippen LogP contribution in [-0.2, 0) is 0 Å². The highest BCUT2D eigenvalue weighted by Gasteiger charge is 2.11. The Labute approximate surface area is 98.4 Å². The maximum absolute atomic E-state index is 4.46. The zero-order valence-corrected chi connectivity index (χ0v) is 10.9. The van der Waals surface area contributed by atoms with Crippen LogP contribution in [0.2, 0.25) is 0 Å². The second-order valence-corrected chi connectivity index (χ2v) is 4.47. The number of hydrogen-bond donors (Lipinski definition) is 0. The first-order valence-corrected chi connectivity index (χ1v) is 5.66. The van der Waals surface area contributed by atoms with Crippen LogP contribution in [0.3, 0.4) is 0 Å². The van der Waals surface area contributed by atoms with Crippen molar-refractivity contribution >= 4 is 11.9 Å². The number of benzene rings is 1. The van der Waals surface area contributed by atoms with Gasteiger partial charge in [-0.2, -0.15) is 0 Å². The summed E-state index contributed by atoms with van der Waals surface area (Å²) in [7, 11) is 4.10. The first kappa shape index (κ1) is 12.6. The van der Waals surface area contributed by atoms with Gasteiger partial charge in [-0.15, -0.1) is 0 Å². The Bertz CT molecular complexity index is 410. The van der Waals surface area contributed by atoms with E-state index in [1.165, 1.54) is 11.1 Å². The highest BCUT2D eigenvalue weighted by Crippen LogP contribution is 2.07. The van der Waals surface area contributed by atoms with Crippen molar-refractivity contribution in [2.24, 2.45) is 4.99 Å². The van der Waals surface area contributed by atoms with E-state index in [0.29, 0.717) is 6.04 Å². The van der Waals surface area contributed by atoms with E-state index < -0.39 is 0 Å². The van der Waals surface area contributed by atoms with Crippen molar-refractivity contribution in [2.75, 3.05) is 14.1 Å². The average molecular weight is 217 g/mol. The van der Waals surface area contributed by atoms with Gasteiger partial charge in [-0.1, -0.05) is 18.2 Å². The van der Waals surface area contributed by atoms with E-state index >= 15 is 0 Å². The lowest BCUT2D eigenvalue weighted by molar-refractivity contribution is -0.461. The van der Waals surface area contributed by atoms with Crippen LogP contribution in [0.5, 0.6) is 0 Å². The van der Waals surface area contributed by atoms with E-state index in [1.54, 1.807) is 0 Å². The molecule has 1 aromatic carbocycles. The van der Waals surface area contributed by atoms with Gasteiger partial charge < -0.3 is 0 Å². The number of nitrogens with zero attached hydrogens (tertiary/aromatic N) is 2. The van der Waals surface area contributed by atoms with Crippen LogP contribution in [0, 0.1) is 6.92 Å². The third-order valence-corrected chi connectivity index (χ3v) is 2.40. The van der Waals surface area contributed by atoms with Gasteiger partial charge in [-0.3, -0.25) is 4.99 Å². The molecule has 0 N–H and O–H groups in total. The summed E-state index contributed by atoms with van der Waals surface area (Å²) < 4.78 is 2.11. The molecule has 0 radical (unpaired) electrons. The Morgan fingerprint density at radius 1 is 1.25 bits per heavy atom. The molecule has 16 heavy (non-hydrogen) atoms. The zero-order valence-electron chi connectivity index (χ0n) is 10.9. The van der Waals surface area contributed by atoms with Gasteiger partial charge in [0.1, 0.15) is 14.1 Å². The third kappa shape index (κ3) is 3.30. The van der Waals surface area contributed by atoms with Gasteiger partial charge in [-0.05, 0) is 32.4 Å². The molecule has 1 aromatic rings. The van der Waals surface area contributed by atoms with Gasteiger partial charge in [0.05, 0.1) is 11.8 Å². The summed E-state index contributed by atoms with van der Waals surface area (Å²) in [5.41, 5.74) is 3.69. The molecule has 0 amide bonds. The number of aryl methyl sites for hydroxylation is 1. The van der Waals surface area contributed by atoms with Gasteiger partial charge in [0, 0.05) is 6.04 Å². The zero-order chi connectivity index (χ0) is 12.1. The van der Waals surface area contributed by atoms with Crippen molar-refractivity contribution in [1.82, 2.24) is 0 Å². The lowest BCUT2D eigenvalue weighted by Gasteiger charge is -2.03. The predicted octanol–water partition coefficient (Wildman–Crippen LogP) is 2.54.